The molecule has 128 valence electrons. The van der Waals surface area contributed by atoms with Crippen molar-refractivity contribution in [3.8, 4) is 0 Å². The van der Waals surface area contributed by atoms with Gasteiger partial charge < -0.3 is 15.2 Å². The Kier molecular flexibility index (Phi) is 5.80. The Balaban J connectivity index is 1.46. The van der Waals surface area contributed by atoms with Gasteiger partial charge in [0.15, 0.2) is 0 Å². The van der Waals surface area contributed by atoms with Gasteiger partial charge in [0.25, 0.3) is 0 Å². The van der Waals surface area contributed by atoms with Gasteiger partial charge in [-0.2, -0.15) is 0 Å². The largest absolute Gasteiger partial charge is 0.348 e. The molecule has 6 heteroatoms. The van der Waals surface area contributed by atoms with Gasteiger partial charge in [0.05, 0.1) is 0 Å². The predicted octanol–water partition coefficient (Wildman–Crippen LogP) is 3.48. The highest BCUT2D eigenvalue weighted by atomic mass is 32.2. The lowest BCUT2D eigenvalue weighted by Gasteiger charge is -2.32. The first-order valence-corrected chi connectivity index (χ1v) is 9.34. The Labute approximate surface area is 147 Å². The molecule has 1 saturated heterocycles. The van der Waals surface area contributed by atoms with Crippen LogP contribution in [0.5, 0.6) is 0 Å². The molecule has 1 aliphatic rings. The molecule has 0 saturated carbocycles. The van der Waals surface area contributed by atoms with Crippen LogP contribution in [0.2, 0.25) is 0 Å². The molecule has 0 aliphatic carbocycles. The van der Waals surface area contributed by atoms with Crippen molar-refractivity contribution in [1.29, 1.82) is 0 Å². The molecule has 2 N–H and O–H groups in total. The highest BCUT2D eigenvalue weighted by Gasteiger charge is 2.26. The molecule has 0 radical (unpaired) electrons. The number of imidazole rings is 1. The molecular weight excluding hydrogens is 320 g/mol. The summed E-state index contributed by atoms with van der Waals surface area (Å²) in [5, 5.41) is 3.41. The zero-order valence-corrected chi connectivity index (χ0v) is 14.8. The average molecular weight is 344 g/mol. The number of rotatable bonds is 5. The van der Waals surface area contributed by atoms with Crippen LogP contribution in [0.15, 0.2) is 47.6 Å². The van der Waals surface area contributed by atoms with E-state index in [0.29, 0.717) is 17.7 Å². The first kappa shape index (κ1) is 16.9. The van der Waals surface area contributed by atoms with Crippen LogP contribution in [-0.2, 0) is 0 Å². The number of urea groups is 1. The van der Waals surface area contributed by atoms with Crippen LogP contribution in [0.3, 0.4) is 0 Å². The van der Waals surface area contributed by atoms with Gasteiger partial charge in [0, 0.05) is 48.1 Å². The van der Waals surface area contributed by atoms with Crippen LogP contribution in [0, 0.1) is 0 Å². The van der Waals surface area contributed by atoms with Crippen molar-refractivity contribution in [3.05, 3.63) is 48.5 Å². The minimum absolute atomic E-state index is 0.0340. The summed E-state index contributed by atoms with van der Waals surface area (Å²) in [5.41, 5.74) is 0. The van der Waals surface area contributed by atoms with E-state index in [2.05, 4.69) is 34.3 Å². The van der Waals surface area contributed by atoms with Crippen molar-refractivity contribution in [3.63, 3.8) is 0 Å². The number of amides is 2. The van der Waals surface area contributed by atoms with Gasteiger partial charge in [-0.05, 0) is 25.0 Å². The number of aromatic amines is 1. The molecule has 0 spiro atoms. The van der Waals surface area contributed by atoms with Gasteiger partial charge in [0.2, 0.25) is 0 Å². The fraction of sp³-hybridized carbons (Fsp3) is 0.444. The third-order valence-electron chi connectivity index (χ3n) is 4.24. The molecule has 1 aliphatic heterocycles. The Morgan fingerprint density at radius 3 is 3.04 bits per heavy atom. The van der Waals surface area contributed by atoms with Gasteiger partial charge >= 0.3 is 6.03 Å². The summed E-state index contributed by atoms with van der Waals surface area (Å²) in [4.78, 5) is 23.1. The van der Waals surface area contributed by atoms with E-state index < -0.39 is 0 Å². The number of nitrogens with one attached hydrogen (secondary N) is 2. The zero-order valence-electron chi connectivity index (χ0n) is 13.9. The average Bonchev–Trinajstić information content (AvgIpc) is 3.15. The SMILES string of the molecule is C[C@H](CNC(=O)N1CCC[C@@H](c2ncc[nH]2)C1)Sc1ccccc1. The molecule has 2 aromatic rings. The molecule has 5 nitrogen and oxygen atoms in total. The van der Waals surface area contributed by atoms with E-state index >= 15 is 0 Å². The van der Waals surface area contributed by atoms with Crippen LogP contribution in [0.4, 0.5) is 4.79 Å². The number of H-pyrrole nitrogens is 1. The first-order chi connectivity index (χ1) is 11.7. The fourth-order valence-electron chi connectivity index (χ4n) is 3.00. The van der Waals surface area contributed by atoms with Crippen molar-refractivity contribution in [1.82, 2.24) is 20.2 Å². The molecule has 1 fully saturated rings. The van der Waals surface area contributed by atoms with E-state index in [9.17, 15) is 4.79 Å². The highest BCUT2D eigenvalue weighted by Crippen LogP contribution is 2.25. The second-order valence-electron chi connectivity index (χ2n) is 6.19. The number of benzene rings is 1. The fourth-order valence-corrected chi connectivity index (χ4v) is 3.95. The minimum Gasteiger partial charge on any atom is -0.348 e. The Morgan fingerprint density at radius 1 is 1.46 bits per heavy atom. The normalized spacial score (nSPS) is 19.0. The number of piperidine rings is 1. The zero-order chi connectivity index (χ0) is 16.8. The topological polar surface area (TPSA) is 61.0 Å². The summed E-state index contributed by atoms with van der Waals surface area (Å²) in [6.07, 6.45) is 5.72. The maximum Gasteiger partial charge on any atom is 0.317 e. The summed E-state index contributed by atoms with van der Waals surface area (Å²) in [5.74, 6) is 1.30. The van der Waals surface area contributed by atoms with Gasteiger partial charge in [-0.3, -0.25) is 0 Å². The van der Waals surface area contributed by atoms with Gasteiger partial charge in [-0.1, -0.05) is 25.1 Å². The number of carbonyl (C=O) groups is 1. The van der Waals surface area contributed by atoms with E-state index in [1.165, 1.54) is 4.90 Å². The molecule has 0 bridgehead atoms. The Hall–Kier alpha value is -1.95. The first-order valence-electron chi connectivity index (χ1n) is 8.46. The van der Waals surface area contributed by atoms with Gasteiger partial charge in [-0.25, -0.2) is 9.78 Å². The van der Waals surface area contributed by atoms with Crippen molar-refractivity contribution < 1.29 is 4.79 Å². The summed E-state index contributed by atoms with van der Waals surface area (Å²) in [6.45, 7) is 4.36. The third-order valence-corrected chi connectivity index (χ3v) is 5.35. The summed E-state index contributed by atoms with van der Waals surface area (Å²) >= 11 is 1.78. The van der Waals surface area contributed by atoms with Crippen molar-refractivity contribution in [2.75, 3.05) is 19.6 Å². The Bertz CT molecular complexity index is 632. The van der Waals surface area contributed by atoms with Crippen LogP contribution >= 0.6 is 11.8 Å². The van der Waals surface area contributed by atoms with Crippen LogP contribution in [0.1, 0.15) is 31.5 Å². The van der Waals surface area contributed by atoms with Gasteiger partial charge in [-0.15, -0.1) is 11.8 Å². The van der Waals surface area contributed by atoms with Crippen LogP contribution in [0.25, 0.3) is 0 Å². The van der Waals surface area contributed by atoms with E-state index in [1.807, 2.05) is 29.3 Å². The number of hydrogen-bond donors (Lipinski definition) is 2. The molecule has 1 aromatic heterocycles. The van der Waals surface area contributed by atoms with Crippen molar-refractivity contribution in [2.45, 2.75) is 35.8 Å². The lowest BCUT2D eigenvalue weighted by atomic mass is 9.98. The van der Waals surface area contributed by atoms with E-state index in [1.54, 1.807) is 18.0 Å². The Morgan fingerprint density at radius 2 is 2.29 bits per heavy atom. The molecule has 3 rings (SSSR count). The maximum absolute atomic E-state index is 12.4. The predicted molar refractivity (Wildman–Crippen MR) is 97.3 cm³/mol. The second kappa shape index (κ2) is 8.24. The molecule has 2 heterocycles. The lowest BCUT2D eigenvalue weighted by Crippen LogP contribution is -2.46. The van der Waals surface area contributed by atoms with Crippen molar-refractivity contribution >= 4 is 17.8 Å². The second-order valence-corrected chi connectivity index (χ2v) is 7.70. The smallest absolute Gasteiger partial charge is 0.317 e. The molecule has 24 heavy (non-hydrogen) atoms. The number of likely N-dealkylation sites (tertiary alicyclic amines) is 1. The lowest BCUT2D eigenvalue weighted by molar-refractivity contribution is 0.178. The van der Waals surface area contributed by atoms with E-state index in [-0.39, 0.29) is 6.03 Å². The molecule has 0 unspecified atom stereocenters. The monoisotopic (exact) mass is 344 g/mol. The highest BCUT2D eigenvalue weighted by molar-refractivity contribution is 8.00. The summed E-state index contributed by atoms with van der Waals surface area (Å²) < 4.78 is 0. The molecular formula is C18H24N4OS. The summed E-state index contributed by atoms with van der Waals surface area (Å²) in [7, 11) is 0. The maximum atomic E-state index is 12.4. The summed E-state index contributed by atoms with van der Waals surface area (Å²) in [6, 6.07) is 10.3. The quantitative estimate of drug-likeness (QED) is 0.816. The van der Waals surface area contributed by atoms with Crippen LogP contribution < -0.4 is 5.32 Å². The number of carbonyl (C=O) groups excluding carboxylic acids is 1. The van der Waals surface area contributed by atoms with Crippen molar-refractivity contribution in [2.24, 2.45) is 0 Å². The van der Waals surface area contributed by atoms with E-state index in [4.69, 9.17) is 0 Å². The number of aromatic nitrogens is 2. The third kappa shape index (κ3) is 4.54. The molecule has 2 amide bonds. The van der Waals surface area contributed by atoms with E-state index in [0.717, 1.165) is 31.8 Å². The standard InChI is InChI=1S/C18H24N4OS/c1-14(24-16-7-3-2-4-8-16)12-21-18(23)22-11-5-6-15(13-22)17-19-9-10-20-17/h2-4,7-10,14-15H,5-6,11-13H2,1H3,(H,19,20)(H,21,23)/t14-,15-/m1/s1. The molecule has 1 aromatic carbocycles. The minimum atomic E-state index is 0.0340. The number of nitrogens with zero attached hydrogens (tertiary/aromatic N) is 2. The van der Waals surface area contributed by atoms with Crippen LogP contribution in [-0.4, -0.2) is 45.8 Å². The number of thioether (sulfide) groups is 1. The molecule has 2 atom stereocenters. The number of hydrogen-bond acceptors (Lipinski definition) is 3. The van der Waals surface area contributed by atoms with Gasteiger partial charge in [0.1, 0.15) is 5.82 Å².